The Balaban J connectivity index is 1.60. The summed E-state index contributed by atoms with van der Waals surface area (Å²) in [4.78, 5) is 12.5. The maximum absolute atomic E-state index is 12.5. The molecule has 0 radical (unpaired) electrons. The zero-order valence-corrected chi connectivity index (χ0v) is 15.1. The van der Waals surface area contributed by atoms with E-state index in [1.165, 1.54) is 10.8 Å². The van der Waals surface area contributed by atoms with E-state index in [1.54, 1.807) is 19.2 Å². The van der Waals surface area contributed by atoms with Crippen molar-refractivity contribution in [3.8, 4) is 11.5 Å². The van der Waals surface area contributed by atoms with Crippen LogP contribution in [0, 0.1) is 0 Å². The lowest BCUT2D eigenvalue weighted by molar-refractivity contribution is -0.128. The standard InChI is InChI=1S/C22H23NO3/c1-3-21(26-20-12-10-19(25-2)11-13-20)22(24)23-15-16-8-9-17-6-4-5-7-18(17)14-16/h4-14,21H,3,15H2,1-2H3,(H,23,24)/t21-/m1/s1. The van der Waals surface area contributed by atoms with E-state index in [4.69, 9.17) is 9.47 Å². The van der Waals surface area contributed by atoms with Crippen molar-refractivity contribution < 1.29 is 14.3 Å². The van der Waals surface area contributed by atoms with Crippen molar-refractivity contribution in [3.63, 3.8) is 0 Å². The molecule has 0 aliphatic carbocycles. The summed E-state index contributed by atoms with van der Waals surface area (Å²) in [5, 5.41) is 5.33. The molecule has 3 aromatic carbocycles. The number of hydrogen-bond acceptors (Lipinski definition) is 3. The van der Waals surface area contributed by atoms with E-state index in [9.17, 15) is 4.79 Å². The van der Waals surface area contributed by atoms with Crippen LogP contribution in [0.5, 0.6) is 11.5 Å². The van der Waals surface area contributed by atoms with Gasteiger partial charge in [-0.1, -0.05) is 43.3 Å². The van der Waals surface area contributed by atoms with Gasteiger partial charge >= 0.3 is 0 Å². The Morgan fingerprint density at radius 3 is 2.35 bits per heavy atom. The summed E-state index contributed by atoms with van der Waals surface area (Å²) in [5.41, 5.74) is 1.07. The molecule has 0 saturated heterocycles. The first kappa shape index (κ1) is 17.8. The van der Waals surface area contributed by atoms with Crippen molar-refractivity contribution in [1.29, 1.82) is 0 Å². The fourth-order valence-electron chi connectivity index (χ4n) is 2.79. The lowest BCUT2D eigenvalue weighted by Crippen LogP contribution is -2.37. The molecule has 0 spiro atoms. The molecule has 134 valence electrons. The van der Waals surface area contributed by atoms with Gasteiger partial charge in [0.25, 0.3) is 5.91 Å². The summed E-state index contributed by atoms with van der Waals surface area (Å²) in [7, 11) is 1.62. The third kappa shape index (κ3) is 4.33. The van der Waals surface area contributed by atoms with Crippen LogP contribution < -0.4 is 14.8 Å². The van der Waals surface area contributed by atoms with Crippen LogP contribution >= 0.6 is 0 Å². The number of methoxy groups -OCH3 is 1. The van der Waals surface area contributed by atoms with Crippen molar-refractivity contribution >= 4 is 16.7 Å². The van der Waals surface area contributed by atoms with Gasteiger partial charge in [0.1, 0.15) is 11.5 Å². The van der Waals surface area contributed by atoms with Crippen LogP contribution in [-0.4, -0.2) is 19.1 Å². The number of ether oxygens (including phenoxy) is 2. The van der Waals surface area contributed by atoms with Gasteiger partial charge in [-0.15, -0.1) is 0 Å². The molecule has 4 nitrogen and oxygen atoms in total. The van der Waals surface area contributed by atoms with Gasteiger partial charge < -0.3 is 14.8 Å². The van der Waals surface area contributed by atoms with E-state index >= 15 is 0 Å². The Hall–Kier alpha value is -3.01. The Bertz CT molecular complexity index is 874. The number of benzene rings is 3. The summed E-state index contributed by atoms with van der Waals surface area (Å²) in [6, 6.07) is 21.6. The monoisotopic (exact) mass is 349 g/mol. The number of nitrogens with one attached hydrogen (secondary N) is 1. The Kier molecular flexibility index (Phi) is 5.74. The van der Waals surface area contributed by atoms with Gasteiger partial charge in [0.2, 0.25) is 0 Å². The average molecular weight is 349 g/mol. The van der Waals surface area contributed by atoms with Crippen molar-refractivity contribution in [2.75, 3.05) is 7.11 Å². The molecule has 1 N–H and O–H groups in total. The summed E-state index contributed by atoms with van der Waals surface area (Å²) >= 11 is 0. The second-order valence-corrected chi connectivity index (χ2v) is 6.09. The van der Waals surface area contributed by atoms with E-state index in [0.29, 0.717) is 18.7 Å². The number of hydrogen-bond donors (Lipinski definition) is 1. The number of rotatable bonds is 7. The molecule has 0 bridgehead atoms. The first-order valence-electron chi connectivity index (χ1n) is 8.75. The first-order valence-corrected chi connectivity index (χ1v) is 8.75. The van der Waals surface area contributed by atoms with Crippen LogP contribution in [0.1, 0.15) is 18.9 Å². The second-order valence-electron chi connectivity index (χ2n) is 6.09. The normalized spacial score (nSPS) is 11.8. The zero-order valence-electron chi connectivity index (χ0n) is 15.1. The van der Waals surface area contributed by atoms with Crippen molar-refractivity contribution in [2.45, 2.75) is 26.0 Å². The average Bonchev–Trinajstić information content (AvgIpc) is 2.70. The Labute approximate surface area is 153 Å². The molecule has 3 aromatic rings. The number of carbonyl (C=O) groups excluding carboxylic acids is 1. The van der Waals surface area contributed by atoms with E-state index in [-0.39, 0.29) is 5.91 Å². The molecule has 0 aliphatic rings. The first-order chi connectivity index (χ1) is 12.7. The minimum absolute atomic E-state index is 0.114. The predicted molar refractivity (Wildman–Crippen MR) is 103 cm³/mol. The predicted octanol–water partition coefficient (Wildman–Crippen LogP) is 4.32. The molecule has 0 heterocycles. The Morgan fingerprint density at radius 2 is 1.65 bits per heavy atom. The fraction of sp³-hybridized carbons (Fsp3) is 0.227. The molecule has 1 amide bonds. The molecular formula is C22H23NO3. The topological polar surface area (TPSA) is 47.6 Å². The third-order valence-electron chi connectivity index (χ3n) is 4.28. The van der Waals surface area contributed by atoms with Crippen molar-refractivity contribution in [2.24, 2.45) is 0 Å². The molecule has 0 aliphatic heterocycles. The number of fused-ring (bicyclic) bond motifs is 1. The summed E-state index contributed by atoms with van der Waals surface area (Å²) in [6.45, 7) is 2.41. The minimum Gasteiger partial charge on any atom is -0.497 e. The SMILES string of the molecule is CC[C@@H](Oc1ccc(OC)cc1)C(=O)NCc1ccc2ccccc2c1. The van der Waals surface area contributed by atoms with E-state index < -0.39 is 6.10 Å². The largest absolute Gasteiger partial charge is 0.497 e. The molecule has 0 fully saturated rings. The number of carbonyl (C=O) groups is 1. The van der Waals surface area contributed by atoms with Gasteiger partial charge in [0.15, 0.2) is 6.10 Å². The zero-order chi connectivity index (χ0) is 18.4. The molecule has 0 aromatic heterocycles. The molecule has 3 rings (SSSR count). The lowest BCUT2D eigenvalue weighted by Gasteiger charge is -2.17. The summed E-state index contributed by atoms with van der Waals surface area (Å²) in [5.74, 6) is 1.29. The van der Waals surface area contributed by atoms with Crippen LogP contribution in [-0.2, 0) is 11.3 Å². The van der Waals surface area contributed by atoms with Crippen LogP contribution in [0.25, 0.3) is 10.8 Å². The molecular weight excluding hydrogens is 326 g/mol. The number of amides is 1. The van der Waals surface area contributed by atoms with Gasteiger partial charge in [-0.2, -0.15) is 0 Å². The van der Waals surface area contributed by atoms with Crippen LogP contribution in [0.15, 0.2) is 66.7 Å². The van der Waals surface area contributed by atoms with Gasteiger partial charge in [0, 0.05) is 6.54 Å². The van der Waals surface area contributed by atoms with Gasteiger partial charge in [-0.3, -0.25) is 4.79 Å². The summed E-state index contributed by atoms with van der Waals surface area (Å²) < 4.78 is 10.9. The molecule has 1 atom stereocenters. The van der Waals surface area contributed by atoms with Gasteiger partial charge in [0.05, 0.1) is 7.11 Å². The maximum atomic E-state index is 12.5. The van der Waals surface area contributed by atoms with Crippen molar-refractivity contribution in [1.82, 2.24) is 5.32 Å². The quantitative estimate of drug-likeness (QED) is 0.691. The lowest BCUT2D eigenvalue weighted by atomic mass is 10.1. The third-order valence-corrected chi connectivity index (χ3v) is 4.28. The van der Waals surface area contributed by atoms with Gasteiger partial charge in [-0.05, 0) is 53.1 Å². The van der Waals surface area contributed by atoms with Crippen LogP contribution in [0.2, 0.25) is 0 Å². The summed E-state index contributed by atoms with van der Waals surface area (Å²) in [6.07, 6.45) is 0.0686. The fourth-order valence-corrected chi connectivity index (χ4v) is 2.79. The molecule has 26 heavy (non-hydrogen) atoms. The Morgan fingerprint density at radius 1 is 0.962 bits per heavy atom. The minimum atomic E-state index is -0.524. The van der Waals surface area contributed by atoms with E-state index in [1.807, 2.05) is 37.3 Å². The molecule has 0 saturated carbocycles. The molecule has 0 unspecified atom stereocenters. The highest BCUT2D eigenvalue weighted by Crippen LogP contribution is 2.19. The van der Waals surface area contributed by atoms with Crippen molar-refractivity contribution in [3.05, 3.63) is 72.3 Å². The second kappa shape index (κ2) is 8.39. The smallest absolute Gasteiger partial charge is 0.261 e. The van der Waals surface area contributed by atoms with E-state index in [2.05, 4.69) is 29.6 Å². The highest BCUT2D eigenvalue weighted by Gasteiger charge is 2.18. The highest BCUT2D eigenvalue weighted by atomic mass is 16.5. The highest BCUT2D eigenvalue weighted by molar-refractivity contribution is 5.83. The molecule has 4 heteroatoms. The van der Waals surface area contributed by atoms with E-state index in [0.717, 1.165) is 11.3 Å². The maximum Gasteiger partial charge on any atom is 0.261 e. The van der Waals surface area contributed by atoms with Gasteiger partial charge in [-0.25, -0.2) is 0 Å². The van der Waals surface area contributed by atoms with Crippen LogP contribution in [0.3, 0.4) is 0 Å². The van der Waals surface area contributed by atoms with Crippen LogP contribution in [0.4, 0.5) is 0 Å².